The Morgan fingerprint density at radius 3 is 2.29 bits per heavy atom. The number of halogens is 2. The Labute approximate surface area is 53.1 Å². The Bertz CT molecular complexity index is 92.3. The van der Waals surface area contributed by atoms with E-state index in [4.69, 9.17) is 23.2 Å². The van der Waals surface area contributed by atoms with Crippen LogP contribution in [0.2, 0.25) is 0 Å². The summed E-state index contributed by atoms with van der Waals surface area (Å²) in [6, 6.07) is 0. The Balaban J connectivity index is 2.37. The maximum atomic E-state index is 5.59. The van der Waals surface area contributed by atoms with Gasteiger partial charge in [-0.05, 0) is 18.8 Å². The molecule has 0 aromatic carbocycles. The van der Waals surface area contributed by atoms with Crippen molar-refractivity contribution in [1.29, 1.82) is 0 Å². The van der Waals surface area contributed by atoms with Gasteiger partial charge in [-0.1, -0.05) is 23.2 Å². The lowest BCUT2D eigenvalue weighted by molar-refractivity contribution is 1.10. The molecule has 1 aliphatic rings. The third-order valence-corrected chi connectivity index (χ3v) is 1.84. The van der Waals surface area contributed by atoms with Crippen LogP contribution in [0.3, 0.4) is 0 Å². The molecule has 0 spiro atoms. The van der Waals surface area contributed by atoms with Gasteiger partial charge in [0, 0.05) is 10.6 Å². The summed E-state index contributed by atoms with van der Waals surface area (Å²) in [5.41, 5.74) is 1.46. The van der Waals surface area contributed by atoms with Crippen LogP contribution in [0.4, 0.5) is 0 Å². The molecule has 0 bridgehead atoms. The summed E-state index contributed by atoms with van der Waals surface area (Å²) in [7, 11) is 0. The molecule has 0 atom stereocenters. The van der Waals surface area contributed by atoms with E-state index >= 15 is 0 Å². The van der Waals surface area contributed by atoms with Gasteiger partial charge in [0.05, 0.1) is 0 Å². The summed E-state index contributed by atoms with van der Waals surface area (Å²) in [6.45, 7) is 0. The predicted octanol–water partition coefficient (Wildman–Crippen LogP) is 2.72. The first kappa shape index (κ1) is 5.46. The Hall–Kier alpha value is 0.320. The van der Waals surface area contributed by atoms with E-state index in [-0.39, 0.29) is 0 Å². The fraction of sp³-hybridized carbons (Fsp3) is 0.600. The molecule has 0 heterocycles. The molecule has 1 saturated carbocycles. The first-order valence-corrected chi connectivity index (χ1v) is 3.12. The van der Waals surface area contributed by atoms with E-state index in [0.717, 1.165) is 5.03 Å². The monoisotopic (exact) mass is 136 g/mol. The molecule has 0 nitrogen and oxygen atoms in total. The van der Waals surface area contributed by atoms with Crippen LogP contribution in [-0.4, -0.2) is 0 Å². The molecular formula is C5H6Cl2. The highest BCUT2D eigenvalue weighted by atomic mass is 35.5. The van der Waals surface area contributed by atoms with Crippen molar-refractivity contribution >= 4 is 23.2 Å². The van der Waals surface area contributed by atoms with Gasteiger partial charge in [-0.15, -0.1) is 0 Å². The molecule has 0 aromatic rings. The smallest absolute Gasteiger partial charge is 0.0324 e. The minimum absolute atomic E-state index is 0.610. The molecular weight excluding hydrogens is 131 g/mol. The number of rotatable bonds is 1. The molecule has 1 aliphatic carbocycles. The van der Waals surface area contributed by atoms with Gasteiger partial charge in [0.2, 0.25) is 0 Å². The lowest BCUT2D eigenvalue weighted by Crippen LogP contribution is -1.67. The summed E-state index contributed by atoms with van der Waals surface area (Å²) < 4.78 is 0. The summed E-state index contributed by atoms with van der Waals surface area (Å²) in [5.74, 6) is 0.610. The van der Waals surface area contributed by atoms with Gasteiger partial charge in [-0.25, -0.2) is 0 Å². The maximum Gasteiger partial charge on any atom is 0.0324 e. The van der Waals surface area contributed by atoms with Crippen LogP contribution in [0.15, 0.2) is 10.6 Å². The molecule has 0 radical (unpaired) electrons. The highest BCUT2D eigenvalue weighted by Gasteiger charge is 2.23. The largest absolute Gasteiger partial charge is 0.0917 e. The van der Waals surface area contributed by atoms with Crippen LogP contribution in [0.25, 0.3) is 0 Å². The van der Waals surface area contributed by atoms with Crippen molar-refractivity contribution in [3.05, 3.63) is 10.6 Å². The third kappa shape index (κ3) is 1.36. The number of hydrogen-bond acceptors (Lipinski definition) is 0. The van der Waals surface area contributed by atoms with E-state index in [0.29, 0.717) is 5.92 Å². The van der Waals surface area contributed by atoms with Gasteiger partial charge in [0.25, 0.3) is 0 Å². The van der Waals surface area contributed by atoms with E-state index in [1.165, 1.54) is 18.4 Å². The lowest BCUT2D eigenvalue weighted by atomic mass is 10.4. The summed E-state index contributed by atoms with van der Waals surface area (Å²) in [4.78, 5) is 0. The van der Waals surface area contributed by atoms with Crippen molar-refractivity contribution in [2.45, 2.75) is 12.8 Å². The summed E-state index contributed by atoms with van der Waals surface area (Å²) >= 11 is 10.9. The van der Waals surface area contributed by atoms with Crippen molar-refractivity contribution in [2.24, 2.45) is 5.92 Å². The van der Waals surface area contributed by atoms with Gasteiger partial charge in [-0.3, -0.25) is 0 Å². The molecule has 1 rings (SSSR count). The zero-order valence-corrected chi connectivity index (χ0v) is 5.34. The summed E-state index contributed by atoms with van der Waals surface area (Å²) in [5, 5.41) is 0.821. The molecule has 40 valence electrons. The van der Waals surface area contributed by atoms with Gasteiger partial charge < -0.3 is 0 Å². The van der Waals surface area contributed by atoms with Crippen LogP contribution in [0.1, 0.15) is 12.8 Å². The first-order valence-electron chi connectivity index (χ1n) is 2.30. The molecule has 0 N–H and O–H groups in total. The van der Waals surface area contributed by atoms with Gasteiger partial charge in [-0.2, -0.15) is 0 Å². The maximum absolute atomic E-state index is 5.59. The quantitative estimate of drug-likeness (QED) is 0.521. The van der Waals surface area contributed by atoms with E-state index < -0.39 is 0 Å². The highest BCUT2D eigenvalue weighted by Crippen LogP contribution is 2.38. The normalized spacial score (nSPS) is 22.9. The van der Waals surface area contributed by atoms with Crippen molar-refractivity contribution in [2.75, 3.05) is 0 Å². The minimum atomic E-state index is 0.610. The van der Waals surface area contributed by atoms with Crippen molar-refractivity contribution in [1.82, 2.24) is 0 Å². The van der Waals surface area contributed by atoms with Crippen molar-refractivity contribution in [3.8, 4) is 0 Å². The van der Waals surface area contributed by atoms with E-state index in [9.17, 15) is 0 Å². The predicted molar refractivity (Wildman–Crippen MR) is 32.5 cm³/mol. The Morgan fingerprint density at radius 2 is 2.14 bits per heavy atom. The van der Waals surface area contributed by atoms with Crippen LogP contribution in [0.5, 0.6) is 0 Å². The topological polar surface area (TPSA) is 0 Å². The molecule has 0 saturated heterocycles. The SMILES string of the molecule is Cl/C=C(\Cl)C1CC1. The second-order valence-electron chi connectivity index (χ2n) is 1.77. The van der Waals surface area contributed by atoms with E-state index in [1.807, 2.05) is 0 Å². The van der Waals surface area contributed by atoms with Crippen LogP contribution < -0.4 is 0 Å². The fourth-order valence-corrected chi connectivity index (χ4v) is 0.845. The Kier molecular flexibility index (Phi) is 1.61. The van der Waals surface area contributed by atoms with Crippen LogP contribution in [0, 0.1) is 5.92 Å². The number of hydrogen-bond donors (Lipinski definition) is 0. The highest BCUT2D eigenvalue weighted by molar-refractivity contribution is 6.36. The number of allylic oxidation sites excluding steroid dienone is 1. The zero-order chi connectivity index (χ0) is 5.28. The molecule has 1 fully saturated rings. The first-order chi connectivity index (χ1) is 3.34. The molecule has 0 unspecified atom stereocenters. The van der Waals surface area contributed by atoms with Crippen molar-refractivity contribution < 1.29 is 0 Å². The second-order valence-corrected chi connectivity index (χ2v) is 2.42. The average Bonchev–Trinajstić information content (AvgIpc) is 2.44. The average molecular weight is 137 g/mol. The Morgan fingerprint density at radius 1 is 1.57 bits per heavy atom. The van der Waals surface area contributed by atoms with Gasteiger partial charge in [0.15, 0.2) is 0 Å². The van der Waals surface area contributed by atoms with Gasteiger partial charge >= 0.3 is 0 Å². The van der Waals surface area contributed by atoms with Crippen LogP contribution in [-0.2, 0) is 0 Å². The third-order valence-electron chi connectivity index (χ3n) is 1.07. The van der Waals surface area contributed by atoms with Crippen molar-refractivity contribution in [3.63, 3.8) is 0 Å². The molecule has 0 aromatic heterocycles. The molecule has 7 heavy (non-hydrogen) atoms. The van der Waals surface area contributed by atoms with E-state index in [2.05, 4.69) is 0 Å². The molecule has 0 aliphatic heterocycles. The molecule has 2 heteroatoms. The van der Waals surface area contributed by atoms with Crippen LogP contribution >= 0.6 is 23.2 Å². The summed E-state index contributed by atoms with van der Waals surface area (Å²) in [6.07, 6.45) is 2.45. The standard InChI is InChI=1S/C5H6Cl2/c6-3-5(7)4-1-2-4/h3-4H,1-2H2/b5-3-. The fourth-order valence-electron chi connectivity index (χ4n) is 0.448. The van der Waals surface area contributed by atoms with E-state index in [1.54, 1.807) is 0 Å². The van der Waals surface area contributed by atoms with Gasteiger partial charge in [0.1, 0.15) is 0 Å². The second kappa shape index (κ2) is 2.06. The zero-order valence-electron chi connectivity index (χ0n) is 3.82. The lowest BCUT2D eigenvalue weighted by Gasteiger charge is -1.83. The minimum Gasteiger partial charge on any atom is -0.0917 e. The molecule has 0 amide bonds.